The number of carbonyl (C=O) groups is 2. The van der Waals surface area contributed by atoms with Gasteiger partial charge in [0.15, 0.2) is 11.5 Å². The van der Waals surface area contributed by atoms with E-state index >= 15 is 0 Å². The van der Waals surface area contributed by atoms with Gasteiger partial charge in [-0.15, -0.1) is 0 Å². The number of anilines is 1. The summed E-state index contributed by atoms with van der Waals surface area (Å²) < 4.78 is 10.8. The van der Waals surface area contributed by atoms with Crippen LogP contribution in [0.15, 0.2) is 12.1 Å². The zero-order valence-electron chi connectivity index (χ0n) is 11.4. The number of ether oxygens (including phenoxy) is 2. The van der Waals surface area contributed by atoms with Gasteiger partial charge < -0.3 is 9.47 Å². The Balaban J connectivity index is 2.14. The molecule has 0 saturated heterocycles. The average molecular weight is 271 g/mol. The van der Waals surface area contributed by atoms with Crippen molar-refractivity contribution in [3.05, 3.63) is 23.3 Å². The average Bonchev–Trinajstić information content (AvgIpc) is 2.91. The molecule has 0 bridgehead atoms. The first-order valence-corrected chi connectivity index (χ1v) is 6.47. The van der Waals surface area contributed by atoms with Gasteiger partial charge in [-0.1, -0.05) is 6.08 Å². The third kappa shape index (κ3) is 1.13. The summed E-state index contributed by atoms with van der Waals surface area (Å²) in [5, 5.41) is 0. The number of nitrogens with zero attached hydrogens (tertiary/aromatic N) is 1. The molecular weight excluding hydrogens is 258 g/mol. The maximum Gasteiger partial charge on any atom is 0.300 e. The summed E-state index contributed by atoms with van der Waals surface area (Å²) in [6, 6.07) is 1.85. The molecule has 3 aliphatic rings. The molecular formula is C15H13NO4. The van der Waals surface area contributed by atoms with Gasteiger partial charge in [0.1, 0.15) is 0 Å². The van der Waals surface area contributed by atoms with Crippen molar-refractivity contribution in [3.8, 4) is 11.5 Å². The van der Waals surface area contributed by atoms with Crippen molar-refractivity contribution >= 4 is 23.0 Å². The molecule has 0 fully saturated rings. The van der Waals surface area contributed by atoms with Crippen LogP contribution in [-0.4, -0.2) is 24.0 Å². The van der Waals surface area contributed by atoms with E-state index in [1.165, 1.54) is 0 Å². The highest BCUT2D eigenvalue weighted by molar-refractivity contribution is 6.54. The lowest BCUT2D eigenvalue weighted by Crippen LogP contribution is -2.47. The molecule has 102 valence electrons. The second kappa shape index (κ2) is 3.23. The fourth-order valence-corrected chi connectivity index (χ4v) is 3.31. The van der Waals surface area contributed by atoms with Crippen LogP contribution in [0.5, 0.6) is 11.5 Å². The van der Waals surface area contributed by atoms with Crippen molar-refractivity contribution in [1.29, 1.82) is 0 Å². The minimum absolute atomic E-state index is 0.0822. The molecule has 1 amide bonds. The van der Waals surface area contributed by atoms with Gasteiger partial charge in [0.05, 0.1) is 16.8 Å². The van der Waals surface area contributed by atoms with Crippen LogP contribution in [0.4, 0.5) is 5.69 Å². The minimum atomic E-state index is -0.525. The molecule has 20 heavy (non-hydrogen) atoms. The van der Waals surface area contributed by atoms with Crippen molar-refractivity contribution < 1.29 is 19.1 Å². The van der Waals surface area contributed by atoms with E-state index in [0.29, 0.717) is 22.7 Å². The van der Waals surface area contributed by atoms with Gasteiger partial charge in [-0.25, -0.2) is 0 Å². The summed E-state index contributed by atoms with van der Waals surface area (Å²) in [6.07, 6.45) is 2.00. The van der Waals surface area contributed by atoms with Gasteiger partial charge in [0.2, 0.25) is 6.79 Å². The lowest BCUT2D eigenvalue weighted by atomic mass is 9.88. The number of rotatable bonds is 0. The zero-order chi connectivity index (χ0) is 14.2. The van der Waals surface area contributed by atoms with Crippen molar-refractivity contribution in [2.24, 2.45) is 0 Å². The van der Waals surface area contributed by atoms with Crippen molar-refractivity contribution in [1.82, 2.24) is 0 Å². The van der Waals surface area contributed by atoms with Gasteiger partial charge in [-0.2, -0.15) is 0 Å². The molecule has 0 aromatic heterocycles. The summed E-state index contributed by atoms with van der Waals surface area (Å²) in [5.74, 6) is -0.0806. The summed E-state index contributed by atoms with van der Waals surface area (Å²) in [7, 11) is 0. The number of amides is 1. The number of benzene rings is 1. The summed E-state index contributed by atoms with van der Waals surface area (Å²) >= 11 is 0. The molecule has 0 atom stereocenters. The minimum Gasteiger partial charge on any atom is -0.454 e. The Morgan fingerprint density at radius 1 is 1.25 bits per heavy atom. The van der Waals surface area contributed by atoms with Gasteiger partial charge in [-0.05, 0) is 32.4 Å². The van der Waals surface area contributed by atoms with E-state index in [1.54, 1.807) is 4.90 Å². The maximum atomic E-state index is 12.4. The lowest BCUT2D eigenvalue weighted by molar-refractivity contribution is -0.115. The van der Waals surface area contributed by atoms with Crippen LogP contribution in [0, 0.1) is 0 Å². The fourth-order valence-electron chi connectivity index (χ4n) is 3.31. The van der Waals surface area contributed by atoms with Gasteiger partial charge in [0.25, 0.3) is 11.7 Å². The highest BCUT2D eigenvalue weighted by Crippen LogP contribution is 2.52. The Bertz CT molecular complexity index is 730. The van der Waals surface area contributed by atoms with E-state index in [4.69, 9.17) is 9.47 Å². The molecule has 4 rings (SSSR count). The molecule has 0 unspecified atom stereocenters. The molecule has 3 heterocycles. The highest BCUT2D eigenvalue weighted by atomic mass is 16.7. The molecule has 1 aromatic rings. The van der Waals surface area contributed by atoms with Gasteiger partial charge in [-0.3, -0.25) is 14.5 Å². The van der Waals surface area contributed by atoms with E-state index in [-0.39, 0.29) is 6.79 Å². The number of carbonyl (C=O) groups excluding carboxylic acids is 2. The van der Waals surface area contributed by atoms with Crippen LogP contribution in [0.1, 0.15) is 36.7 Å². The standard InChI is InChI=1S/C15H13NO4/c1-7-5-15(2,3)16-11-8(7)4-9-13(20-6-19-9)10(11)12(17)14(16)18/h4-5H,6H2,1-3H3. The maximum absolute atomic E-state index is 12.4. The molecule has 0 N–H and O–H groups in total. The molecule has 5 heteroatoms. The van der Waals surface area contributed by atoms with E-state index in [1.807, 2.05) is 32.9 Å². The van der Waals surface area contributed by atoms with E-state index in [0.717, 1.165) is 11.1 Å². The Morgan fingerprint density at radius 3 is 2.75 bits per heavy atom. The Hall–Kier alpha value is -2.30. The SMILES string of the molecule is CC1=CC(C)(C)N2C(=O)C(=O)c3c4c(cc1c32)OCO4. The van der Waals surface area contributed by atoms with E-state index in [9.17, 15) is 9.59 Å². The molecule has 0 aliphatic carbocycles. The third-order valence-corrected chi connectivity index (χ3v) is 4.05. The fraction of sp³-hybridized carbons (Fsp3) is 0.333. The van der Waals surface area contributed by atoms with Crippen LogP contribution in [0.2, 0.25) is 0 Å². The molecule has 0 saturated carbocycles. The zero-order valence-corrected chi connectivity index (χ0v) is 11.4. The molecule has 1 aromatic carbocycles. The molecule has 5 nitrogen and oxygen atoms in total. The Labute approximate surface area is 115 Å². The molecule has 3 aliphatic heterocycles. The molecule has 0 radical (unpaired) electrons. The summed E-state index contributed by atoms with van der Waals surface area (Å²) in [6.45, 7) is 5.90. The van der Waals surface area contributed by atoms with Crippen molar-refractivity contribution in [3.63, 3.8) is 0 Å². The van der Waals surface area contributed by atoms with Crippen molar-refractivity contribution in [2.75, 3.05) is 11.7 Å². The number of Topliss-reactive ketones (excluding diaryl/α,β-unsaturated/α-hetero) is 1. The van der Waals surface area contributed by atoms with Crippen LogP contribution >= 0.6 is 0 Å². The topological polar surface area (TPSA) is 55.8 Å². The Morgan fingerprint density at radius 2 is 2.00 bits per heavy atom. The summed E-state index contributed by atoms with van der Waals surface area (Å²) in [4.78, 5) is 26.3. The number of allylic oxidation sites excluding steroid dienone is 1. The van der Waals surface area contributed by atoms with Gasteiger partial charge in [0, 0.05) is 5.56 Å². The number of ketones is 1. The van der Waals surface area contributed by atoms with Crippen LogP contribution in [-0.2, 0) is 4.79 Å². The van der Waals surface area contributed by atoms with Gasteiger partial charge >= 0.3 is 0 Å². The first-order chi connectivity index (χ1) is 9.42. The second-order valence-corrected chi connectivity index (χ2v) is 5.83. The predicted molar refractivity (Wildman–Crippen MR) is 72.1 cm³/mol. The highest BCUT2D eigenvalue weighted by Gasteiger charge is 2.49. The smallest absolute Gasteiger partial charge is 0.300 e. The largest absolute Gasteiger partial charge is 0.454 e. The van der Waals surface area contributed by atoms with Crippen LogP contribution in [0.25, 0.3) is 5.57 Å². The summed E-state index contributed by atoms with van der Waals surface area (Å²) in [5.41, 5.74) is 2.38. The number of hydrogen-bond donors (Lipinski definition) is 0. The lowest BCUT2D eigenvalue weighted by Gasteiger charge is -2.38. The third-order valence-electron chi connectivity index (χ3n) is 4.05. The quantitative estimate of drug-likeness (QED) is 0.678. The first-order valence-electron chi connectivity index (χ1n) is 6.47. The normalized spacial score (nSPS) is 21.1. The predicted octanol–water partition coefficient (Wildman–Crippen LogP) is 2.14. The van der Waals surface area contributed by atoms with E-state index in [2.05, 4.69) is 0 Å². The molecule has 0 spiro atoms. The monoisotopic (exact) mass is 271 g/mol. The van der Waals surface area contributed by atoms with Crippen LogP contribution < -0.4 is 14.4 Å². The number of fused-ring (bicyclic) bond motifs is 2. The van der Waals surface area contributed by atoms with Crippen LogP contribution in [0.3, 0.4) is 0 Å². The number of hydrogen-bond acceptors (Lipinski definition) is 4. The first kappa shape index (κ1) is 11.5. The van der Waals surface area contributed by atoms with Crippen molar-refractivity contribution in [2.45, 2.75) is 26.3 Å². The van der Waals surface area contributed by atoms with E-state index < -0.39 is 17.2 Å². The second-order valence-electron chi connectivity index (χ2n) is 5.83. The Kier molecular flexibility index (Phi) is 1.86.